The van der Waals surface area contributed by atoms with Crippen LogP contribution in [0.5, 0.6) is 0 Å². The van der Waals surface area contributed by atoms with Crippen molar-refractivity contribution in [1.29, 1.82) is 0 Å². The topological polar surface area (TPSA) is 734 Å². The number of hydrogen-bond acceptors (Lipinski definition) is 24. The van der Waals surface area contributed by atoms with E-state index in [1.54, 1.807) is 71.9 Å². The van der Waals surface area contributed by atoms with Crippen LogP contribution in [-0.2, 0) is 121 Å². The Morgan fingerprint density at radius 3 is 1.19 bits per heavy atom. The molecule has 0 saturated carbocycles. The first-order valence-corrected chi connectivity index (χ1v) is 45.8. The SMILES string of the molecule is CCC(C)(NC(=O)C(C)(C)NC(=O)C(NC(=O)C1CCCN1C(=O)C(C)(C)NC(=O)C(CC(C)C)NC(=O)CNC(=O)C(C)(C)NC(=O)C(NC(=O)C(C)(C)NC(=O)C(CCC(N)=O)NC(=O)C(C)NC(=O)C(C)(C)NC(=O)C(C)NC(=O)C(C)(C)NC(=O)C(C)NC(=O)C(C)(C)NC(C)=O)C(C)C)C(C)C)C(=O)NC(CCC(=O)O)C(=O)NC(CCC(N)=O)C(=O)NC(Cc1ccccc1)C(=O)O. The maximum atomic E-state index is 14.6. The number of hydrogen-bond donors (Lipinski definition) is 23. The molecule has 1 fully saturated rings. The van der Waals surface area contributed by atoms with Gasteiger partial charge in [-0.3, -0.25) is 110 Å². The Kier molecular flexibility index (Phi) is 45.3. The van der Waals surface area contributed by atoms with Crippen LogP contribution in [0, 0.1) is 17.8 Å². The number of nitrogens with zero attached hydrogens (tertiary/aromatic N) is 1. The molecular formula is C91H148N22O26. The highest BCUT2D eigenvalue weighted by molar-refractivity contribution is 6.05. The maximum absolute atomic E-state index is 14.6. The Bertz CT molecular complexity index is 4720. The smallest absolute Gasteiger partial charge is 0.326 e. The van der Waals surface area contributed by atoms with E-state index in [9.17, 15) is 125 Å². The molecule has 1 aromatic rings. The van der Waals surface area contributed by atoms with Gasteiger partial charge in [0, 0.05) is 39.2 Å². The van der Waals surface area contributed by atoms with E-state index in [0.717, 1.165) is 0 Å². The summed E-state index contributed by atoms with van der Waals surface area (Å²) in [5.41, 5.74) is -2.89. The highest BCUT2D eigenvalue weighted by Crippen LogP contribution is 2.25. The molecule has 139 heavy (non-hydrogen) atoms. The Hall–Kier alpha value is -13.5. The molecule has 12 unspecified atom stereocenters. The van der Waals surface area contributed by atoms with E-state index < -0.39 is 310 Å². The quantitative estimate of drug-likeness (QED) is 0.0293. The van der Waals surface area contributed by atoms with Gasteiger partial charge >= 0.3 is 11.9 Å². The van der Waals surface area contributed by atoms with E-state index in [1.165, 1.54) is 143 Å². The van der Waals surface area contributed by atoms with Crippen LogP contribution in [0.2, 0.25) is 0 Å². The number of benzene rings is 1. The Balaban J connectivity index is 2.19. The summed E-state index contributed by atoms with van der Waals surface area (Å²) in [6.45, 7) is 35.2. The molecule has 1 heterocycles. The molecule has 12 atom stereocenters. The standard InChI is InChI=1S/C91H148N22O26/c1-27-91(26,82(138)102-54(37-40-62(118)119)69(124)100-53(35-38-59(92)115)68(123)101-57(75(130)131)43-52-32-29-28-30-33-52)112-81(137)89(22,23)111-73(128)63(46(4)5)103-72(127)58-34-31-41-113(58)83(139)90(24,25)109-71(126)56(42-45(2)3)98-61(117)44-94-76(132)84(12,13)110-74(129)64(47(6)7)104-80(136)88(20,21)108-70(125)55(36-39-60(93)116)99-65(120)48(8)95-78(134)86(16,17)106-67(122)50(10)97-79(135)87(18,19)107-66(121)49(9)96-77(133)85(14,15)105-51(11)114/h28-30,32-33,45-50,53-58,63-64H,27,31,34-44H2,1-26H3,(H2,92,115)(H2,93,116)(H,94,132)(H,95,134)(H,96,133)(H,97,135)(H,98,117)(H,99,120)(H,100,124)(H,101,123)(H,102,138)(H,103,127)(H,104,136)(H,105,114)(H,106,122)(H,107,121)(H,108,125)(H,109,126)(H,110,129)(H,111,128)(H,112,137)(H,118,119)(H,130,131). The highest BCUT2D eigenvalue weighted by atomic mass is 16.4. The lowest BCUT2D eigenvalue weighted by molar-refractivity contribution is -0.146. The number of carbonyl (C=O) groups excluding carboxylic acids is 22. The predicted octanol–water partition coefficient (Wildman–Crippen LogP) is -4.35. The first-order chi connectivity index (χ1) is 63.6. The third-order valence-corrected chi connectivity index (χ3v) is 22.7. The van der Waals surface area contributed by atoms with E-state index >= 15 is 0 Å². The van der Waals surface area contributed by atoms with E-state index in [2.05, 4.69) is 101 Å². The monoisotopic (exact) mass is 1970 g/mol. The van der Waals surface area contributed by atoms with Gasteiger partial charge < -0.3 is 128 Å². The molecule has 25 N–H and O–H groups in total. The molecule has 1 saturated heterocycles. The molecule has 48 nitrogen and oxygen atoms in total. The zero-order valence-corrected chi connectivity index (χ0v) is 84.5. The van der Waals surface area contributed by atoms with Crippen molar-refractivity contribution in [3.8, 4) is 0 Å². The van der Waals surface area contributed by atoms with Crippen LogP contribution >= 0.6 is 0 Å². The number of carboxylic acids is 2. The summed E-state index contributed by atoms with van der Waals surface area (Å²) in [6.07, 6.45) is -3.10. The van der Waals surface area contributed by atoms with E-state index in [0.29, 0.717) is 12.0 Å². The largest absolute Gasteiger partial charge is 0.481 e. The van der Waals surface area contributed by atoms with Crippen LogP contribution < -0.4 is 112 Å². The number of carboxylic acid groups (broad SMARTS) is 2. The molecule has 48 heteroatoms. The molecule has 0 aromatic heterocycles. The van der Waals surface area contributed by atoms with Crippen LogP contribution in [0.1, 0.15) is 250 Å². The number of rotatable bonds is 55. The van der Waals surface area contributed by atoms with Crippen LogP contribution in [0.3, 0.4) is 0 Å². The molecule has 1 aliphatic rings. The summed E-state index contributed by atoms with van der Waals surface area (Å²) in [6, 6.07) is -7.59. The van der Waals surface area contributed by atoms with Crippen molar-refractivity contribution in [1.82, 2.24) is 106 Å². The summed E-state index contributed by atoms with van der Waals surface area (Å²) < 4.78 is 0. The number of amides is 22. The molecule has 0 spiro atoms. The van der Waals surface area contributed by atoms with Gasteiger partial charge in [-0.1, -0.05) is 78.8 Å². The fourth-order valence-corrected chi connectivity index (χ4v) is 13.7. The molecule has 2 rings (SSSR count). The van der Waals surface area contributed by atoms with Crippen LogP contribution in [-0.4, -0.2) is 281 Å². The lowest BCUT2D eigenvalue weighted by Gasteiger charge is -2.36. The average molecular weight is 1970 g/mol. The van der Waals surface area contributed by atoms with Crippen molar-refractivity contribution in [2.75, 3.05) is 13.1 Å². The van der Waals surface area contributed by atoms with Crippen molar-refractivity contribution in [2.45, 2.75) is 361 Å². The van der Waals surface area contributed by atoms with E-state index in [1.807, 2.05) is 0 Å². The molecular weight excluding hydrogens is 1820 g/mol. The van der Waals surface area contributed by atoms with Crippen LogP contribution in [0.25, 0.3) is 0 Å². The molecule has 22 amide bonds. The summed E-state index contributed by atoms with van der Waals surface area (Å²) >= 11 is 0. The van der Waals surface area contributed by atoms with Gasteiger partial charge in [-0.25, -0.2) is 4.79 Å². The highest BCUT2D eigenvalue weighted by Gasteiger charge is 2.48. The van der Waals surface area contributed by atoms with Crippen molar-refractivity contribution in [2.24, 2.45) is 29.2 Å². The van der Waals surface area contributed by atoms with Gasteiger partial charge in [0.1, 0.15) is 111 Å². The second-order valence-electron chi connectivity index (χ2n) is 39.9. The van der Waals surface area contributed by atoms with E-state index in [4.69, 9.17) is 11.5 Å². The number of nitrogens with two attached hydrogens (primary N) is 2. The Labute approximate surface area is 809 Å². The Morgan fingerprint density at radius 1 is 0.388 bits per heavy atom. The zero-order valence-electron chi connectivity index (χ0n) is 84.5. The lowest BCUT2D eigenvalue weighted by Crippen LogP contribution is -2.67. The summed E-state index contributed by atoms with van der Waals surface area (Å²) in [5.74, 6) is -24.1. The minimum absolute atomic E-state index is 0.00430. The van der Waals surface area contributed by atoms with Gasteiger partial charge in [-0.15, -0.1) is 0 Å². The first-order valence-electron chi connectivity index (χ1n) is 45.8. The minimum atomic E-state index is -1.92. The number of likely N-dealkylation sites (tertiary alicyclic amines) is 1. The van der Waals surface area contributed by atoms with Crippen LogP contribution in [0.4, 0.5) is 0 Å². The number of carbonyl (C=O) groups is 24. The maximum Gasteiger partial charge on any atom is 0.326 e. The third kappa shape index (κ3) is 38.8. The van der Waals surface area contributed by atoms with Gasteiger partial charge in [0.2, 0.25) is 130 Å². The summed E-state index contributed by atoms with van der Waals surface area (Å²) in [5, 5.41) is 67.0. The average Bonchev–Trinajstić information content (AvgIpc) is 1.79. The third-order valence-electron chi connectivity index (χ3n) is 22.7. The van der Waals surface area contributed by atoms with Crippen LogP contribution in [0.15, 0.2) is 30.3 Å². The van der Waals surface area contributed by atoms with Gasteiger partial charge in [-0.2, -0.15) is 0 Å². The van der Waals surface area contributed by atoms with Gasteiger partial charge in [0.15, 0.2) is 0 Å². The van der Waals surface area contributed by atoms with Crippen molar-refractivity contribution in [3.05, 3.63) is 35.9 Å². The summed E-state index contributed by atoms with van der Waals surface area (Å²) in [7, 11) is 0. The number of nitrogens with one attached hydrogen (secondary N) is 19. The normalized spacial score (nSPS) is 15.6. The van der Waals surface area contributed by atoms with Crippen molar-refractivity contribution < 1.29 is 125 Å². The number of aliphatic carboxylic acids is 2. The van der Waals surface area contributed by atoms with Gasteiger partial charge in [-0.05, 0) is 193 Å². The van der Waals surface area contributed by atoms with Gasteiger partial charge in [0.25, 0.3) is 0 Å². The molecule has 778 valence electrons. The second kappa shape index (κ2) is 51.8. The molecule has 0 aliphatic carbocycles. The molecule has 1 aliphatic heterocycles. The second-order valence-corrected chi connectivity index (χ2v) is 39.9. The molecule has 1 aromatic carbocycles. The summed E-state index contributed by atoms with van der Waals surface area (Å²) in [4.78, 5) is 325. The van der Waals surface area contributed by atoms with Gasteiger partial charge in [0.05, 0.1) is 6.54 Å². The van der Waals surface area contributed by atoms with E-state index in [-0.39, 0.29) is 38.1 Å². The zero-order chi connectivity index (χ0) is 107. The fraction of sp³-hybridized carbons (Fsp3) is 0.670. The molecule has 0 bridgehead atoms. The molecule has 0 radical (unpaired) electrons. The minimum Gasteiger partial charge on any atom is -0.481 e. The predicted molar refractivity (Wildman–Crippen MR) is 503 cm³/mol. The first kappa shape index (κ1) is 122. The van der Waals surface area contributed by atoms with Crippen molar-refractivity contribution >= 4 is 142 Å². The Morgan fingerprint density at radius 2 is 0.763 bits per heavy atom. The lowest BCUT2D eigenvalue weighted by atomic mass is 9.93. The fourth-order valence-electron chi connectivity index (χ4n) is 13.7. The number of primary amides is 2. The van der Waals surface area contributed by atoms with Crippen molar-refractivity contribution in [3.63, 3.8) is 0 Å².